The fourth-order valence-electron chi connectivity index (χ4n) is 2.34. The van der Waals surface area contributed by atoms with Gasteiger partial charge in [0.2, 0.25) is 5.91 Å². The molecule has 0 unspecified atom stereocenters. The van der Waals surface area contributed by atoms with Crippen molar-refractivity contribution in [2.45, 2.75) is 32.2 Å². The van der Waals surface area contributed by atoms with Crippen molar-refractivity contribution in [3.8, 4) is 0 Å². The first-order valence-electron chi connectivity index (χ1n) is 6.59. The van der Waals surface area contributed by atoms with Crippen LogP contribution in [0, 0.1) is 0 Å². The van der Waals surface area contributed by atoms with E-state index in [0.29, 0.717) is 0 Å². The van der Waals surface area contributed by atoms with E-state index in [9.17, 15) is 4.79 Å². The van der Waals surface area contributed by atoms with E-state index in [-0.39, 0.29) is 17.4 Å². The monoisotopic (exact) mass is 269 g/mol. The number of amides is 1. The number of rotatable bonds is 4. The highest BCUT2D eigenvalue weighted by Gasteiger charge is 2.33. The van der Waals surface area contributed by atoms with E-state index in [0.717, 1.165) is 11.1 Å². The van der Waals surface area contributed by atoms with Crippen LogP contribution in [0.3, 0.4) is 0 Å². The zero-order chi connectivity index (χ0) is 14.6. The number of carbonyl (C=O) groups is 1. The Kier molecular flexibility index (Phi) is 4.13. The summed E-state index contributed by atoms with van der Waals surface area (Å²) in [4.78, 5) is 19.9. The first-order chi connectivity index (χ1) is 9.51. The molecule has 2 rings (SSSR count). The fraction of sp³-hybridized carbons (Fsp3) is 0.312. The number of hydrogen-bond donors (Lipinski definition) is 1. The van der Waals surface area contributed by atoms with Crippen molar-refractivity contribution in [2.24, 2.45) is 0 Å². The van der Waals surface area contributed by atoms with Gasteiger partial charge in [-0.25, -0.2) is 0 Å². The third-order valence-corrected chi connectivity index (χ3v) is 3.49. The van der Waals surface area contributed by atoms with Crippen molar-refractivity contribution in [1.29, 1.82) is 0 Å². The molecule has 0 aliphatic carbocycles. The summed E-state index contributed by atoms with van der Waals surface area (Å²) in [5, 5.41) is 3.03. The van der Waals surface area contributed by atoms with E-state index in [1.807, 2.05) is 30.5 Å². The molecule has 2 aromatic rings. The lowest BCUT2D eigenvalue weighted by Gasteiger charge is -2.35. The van der Waals surface area contributed by atoms with Gasteiger partial charge in [0.15, 0.2) is 0 Å². The minimum absolute atomic E-state index is 0.0594. The molecular formula is C16H19N3O. The number of pyridine rings is 2. The van der Waals surface area contributed by atoms with Crippen molar-refractivity contribution in [2.75, 3.05) is 0 Å². The molecule has 1 amide bonds. The van der Waals surface area contributed by atoms with Gasteiger partial charge in [-0.2, -0.15) is 0 Å². The standard InChI is InChI=1S/C16H19N3O/c1-12(20)19-15(13-6-4-8-17-10-13)16(2,3)14-7-5-9-18-11-14/h4-11,15H,1-3H3,(H,19,20)/t15-/m1/s1. The zero-order valence-electron chi connectivity index (χ0n) is 12.0. The summed E-state index contributed by atoms with van der Waals surface area (Å²) < 4.78 is 0. The third kappa shape index (κ3) is 3.02. The number of nitrogens with zero attached hydrogens (tertiary/aromatic N) is 2. The molecule has 0 aliphatic heterocycles. The Hall–Kier alpha value is -2.23. The second kappa shape index (κ2) is 5.82. The van der Waals surface area contributed by atoms with Gasteiger partial charge in [0, 0.05) is 37.1 Å². The maximum Gasteiger partial charge on any atom is 0.217 e. The lowest BCUT2D eigenvalue weighted by Crippen LogP contribution is -2.39. The predicted octanol–water partition coefficient (Wildman–Crippen LogP) is 2.63. The second-order valence-electron chi connectivity index (χ2n) is 5.38. The summed E-state index contributed by atoms with van der Waals surface area (Å²) in [7, 11) is 0. The Labute approximate surface area is 119 Å². The molecule has 104 valence electrons. The molecule has 2 aromatic heterocycles. The lowest BCUT2D eigenvalue weighted by molar-refractivity contribution is -0.120. The Bertz CT molecular complexity index is 567. The summed E-state index contributed by atoms with van der Waals surface area (Å²) >= 11 is 0. The molecule has 1 N–H and O–H groups in total. The number of aromatic nitrogens is 2. The molecule has 0 saturated heterocycles. The smallest absolute Gasteiger partial charge is 0.217 e. The summed E-state index contributed by atoms with van der Waals surface area (Å²) in [5.74, 6) is -0.0594. The van der Waals surface area contributed by atoms with Crippen LogP contribution in [0.2, 0.25) is 0 Å². The zero-order valence-corrected chi connectivity index (χ0v) is 12.0. The maximum atomic E-state index is 11.6. The van der Waals surface area contributed by atoms with E-state index in [4.69, 9.17) is 0 Å². The molecular weight excluding hydrogens is 250 g/mol. The highest BCUT2D eigenvalue weighted by Crippen LogP contribution is 2.36. The molecule has 20 heavy (non-hydrogen) atoms. The van der Waals surface area contributed by atoms with Crippen LogP contribution in [0.4, 0.5) is 0 Å². The quantitative estimate of drug-likeness (QED) is 0.928. The summed E-state index contributed by atoms with van der Waals surface area (Å²) in [6.45, 7) is 5.72. The van der Waals surface area contributed by atoms with Crippen molar-refractivity contribution in [3.05, 3.63) is 60.2 Å². The SMILES string of the molecule is CC(=O)N[C@H](c1cccnc1)C(C)(C)c1cccnc1. The number of hydrogen-bond acceptors (Lipinski definition) is 3. The molecule has 4 nitrogen and oxygen atoms in total. The molecule has 0 aliphatic rings. The molecule has 4 heteroatoms. The average Bonchev–Trinajstić information content (AvgIpc) is 2.46. The first kappa shape index (κ1) is 14.2. The minimum Gasteiger partial charge on any atom is -0.349 e. The lowest BCUT2D eigenvalue weighted by atomic mass is 9.75. The van der Waals surface area contributed by atoms with Gasteiger partial charge < -0.3 is 5.32 Å². The van der Waals surface area contributed by atoms with E-state index in [1.54, 1.807) is 18.6 Å². The maximum absolute atomic E-state index is 11.6. The normalized spacial score (nSPS) is 12.8. The second-order valence-corrected chi connectivity index (χ2v) is 5.38. The Morgan fingerprint density at radius 3 is 2.30 bits per heavy atom. The molecule has 0 radical (unpaired) electrons. The minimum atomic E-state index is -0.289. The summed E-state index contributed by atoms with van der Waals surface area (Å²) in [6, 6.07) is 7.64. The third-order valence-electron chi connectivity index (χ3n) is 3.49. The van der Waals surface area contributed by atoms with Gasteiger partial charge in [-0.3, -0.25) is 14.8 Å². The van der Waals surface area contributed by atoms with Gasteiger partial charge in [-0.05, 0) is 23.3 Å². The molecule has 0 spiro atoms. The Morgan fingerprint density at radius 1 is 1.15 bits per heavy atom. The van der Waals surface area contributed by atoms with Crippen LogP contribution in [0.5, 0.6) is 0 Å². The van der Waals surface area contributed by atoms with Gasteiger partial charge in [-0.1, -0.05) is 26.0 Å². The van der Waals surface area contributed by atoms with Crippen LogP contribution >= 0.6 is 0 Å². The average molecular weight is 269 g/mol. The highest BCUT2D eigenvalue weighted by atomic mass is 16.1. The highest BCUT2D eigenvalue weighted by molar-refractivity contribution is 5.73. The van der Waals surface area contributed by atoms with Gasteiger partial charge >= 0.3 is 0 Å². The Morgan fingerprint density at radius 2 is 1.80 bits per heavy atom. The van der Waals surface area contributed by atoms with Crippen LogP contribution in [-0.4, -0.2) is 15.9 Å². The molecule has 0 saturated carbocycles. The molecule has 1 atom stereocenters. The van der Waals surface area contributed by atoms with Crippen LogP contribution in [0.1, 0.15) is 37.9 Å². The Balaban J connectivity index is 2.43. The van der Waals surface area contributed by atoms with E-state index >= 15 is 0 Å². The van der Waals surface area contributed by atoms with Crippen molar-refractivity contribution in [1.82, 2.24) is 15.3 Å². The summed E-state index contributed by atoms with van der Waals surface area (Å²) in [5.41, 5.74) is 1.77. The molecule has 0 aromatic carbocycles. The van der Waals surface area contributed by atoms with Crippen LogP contribution in [-0.2, 0) is 10.2 Å². The van der Waals surface area contributed by atoms with Gasteiger partial charge in [0.05, 0.1) is 6.04 Å². The summed E-state index contributed by atoms with van der Waals surface area (Å²) in [6.07, 6.45) is 7.10. The largest absolute Gasteiger partial charge is 0.349 e. The number of nitrogens with one attached hydrogen (secondary N) is 1. The van der Waals surface area contributed by atoms with E-state index < -0.39 is 0 Å². The molecule has 2 heterocycles. The van der Waals surface area contributed by atoms with Crippen LogP contribution in [0.25, 0.3) is 0 Å². The molecule has 0 bridgehead atoms. The molecule has 0 fully saturated rings. The van der Waals surface area contributed by atoms with Crippen molar-refractivity contribution >= 4 is 5.91 Å². The van der Waals surface area contributed by atoms with Crippen LogP contribution in [0.15, 0.2) is 49.1 Å². The van der Waals surface area contributed by atoms with E-state index in [1.165, 1.54) is 6.92 Å². The van der Waals surface area contributed by atoms with Gasteiger partial charge in [0.25, 0.3) is 0 Å². The predicted molar refractivity (Wildman–Crippen MR) is 78.1 cm³/mol. The fourth-order valence-corrected chi connectivity index (χ4v) is 2.34. The van der Waals surface area contributed by atoms with Gasteiger partial charge in [-0.15, -0.1) is 0 Å². The van der Waals surface area contributed by atoms with Crippen LogP contribution < -0.4 is 5.32 Å². The topological polar surface area (TPSA) is 54.9 Å². The van der Waals surface area contributed by atoms with E-state index in [2.05, 4.69) is 29.1 Å². The number of carbonyl (C=O) groups excluding carboxylic acids is 1. The van der Waals surface area contributed by atoms with Crippen molar-refractivity contribution in [3.63, 3.8) is 0 Å². The van der Waals surface area contributed by atoms with Gasteiger partial charge in [0.1, 0.15) is 0 Å². The van der Waals surface area contributed by atoms with Crippen molar-refractivity contribution < 1.29 is 4.79 Å². The first-order valence-corrected chi connectivity index (χ1v) is 6.59.